The highest BCUT2D eigenvalue weighted by molar-refractivity contribution is 5.66. The predicted octanol–water partition coefficient (Wildman–Crippen LogP) is 3.04. The van der Waals surface area contributed by atoms with Crippen LogP contribution < -0.4 is 4.74 Å². The minimum absolute atomic E-state index is 0.0159. The molecule has 1 N–H and O–H groups in total. The average molecular weight is 244 g/mol. The molecule has 0 aromatic heterocycles. The van der Waals surface area contributed by atoms with Crippen LogP contribution in [0.4, 0.5) is 8.78 Å². The molecular weight excluding hydrogens is 230 g/mol. The van der Waals surface area contributed by atoms with Gasteiger partial charge >= 0.3 is 5.97 Å². The quantitative estimate of drug-likeness (QED) is 0.836. The van der Waals surface area contributed by atoms with Crippen LogP contribution in [0.25, 0.3) is 0 Å². The molecule has 3 nitrogen and oxygen atoms in total. The van der Waals surface area contributed by atoms with Crippen molar-refractivity contribution < 1.29 is 23.4 Å². The van der Waals surface area contributed by atoms with E-state index in [0.717, 1.165) is 0 Å². The third-order valence-electron chi connectivity index (χ3n) is 2.39. The van der Waals surface area contributed by atoms with Crippen molar-refractivity contribution in [1.82, 2.24) is 0 Å². The number of halogens is 2. The molecule has 0 amide bonds. The second kappa shape index (κ2) is 6.18. The molecule has 0 saturated carbocycles. The highest BCUT2D eigenvalue weighted by atomic mass is 19.3. The van der Waals surface area contributed by atoms with E-state index in [1.54, 1.807) is 0 Å². The van der Waals surface area contributed by atoms with Gasteiger partial charge in [0.1, 0.15) is 5.75 Å². The zero-order chi connectivity index (χ0) is 12.8. The van der Waals surface area contributed by atoms with Crippen molar-refractivity contribution in [3.05, 3.63) is 29.3 Å². The third kappa shape index (κ3) is 4.01. The number of carboxylic acids is 1. The zero-order valence-corrected chi connectivity index (χ0v) is 9.45. The first-order valence-electron chi connectivity index (χ1n) is 5.21. The summed E-state index contributed by atoms with van der Waals surface area (Å²) in [4.78, 5) is 10.4. The molecule has 94 valence electrons. The number of carboxylic acid groups (broad SMARTS) is 1. The van der Waals surface area contributed by atoms with Gasteiger partial charge in [0, 0.05) is 12.0 Å². The summed E-state index contributed by atoms with van der Waals surface area (Å²) in [5.41, 5.74) is 0.544. The van der Waals surface area contributed by atoms with E-state index in [2.05, 4.69) is 0 Å². The van der Waals surface area contributed by atoms with Crippen molar-refractivity contribution in [2.45, 2.75) is 25.7 Å². The normalized spacial score (nSPS) is 10.6. The zero-order valence-electron chi connectivity index (χ0n) is 9.45. The van der Waals surface area contributed by atoms with Gasteiger partial charge in [0.25, 0.3) is 6.43 Å². The summed E-state index contributed by atoms with van der Waals surface area (Å²) in [6, 6.07) is 4.16. The molecule has 0 saturated heterocycles. The van der Waals surface area contributed by atoms with Crippen LogP contribution in [0.1, 0.15) is 30.4 Å². The van der Waals surface area contributed by atoms with E-state index in [1.165, 1.54) is 25.3 Å². The molecule has 0 atom stereocenters. The number of alkyl halides is 2. The molecule has 0 bridgehead atoms. The van der Waals surface area contributed by atoms with Gasteiger partial charge in [-0.2, -0.15) is 0 Å². The number of aryl methyl sites for hydroxylation is 1. The van der Waals surface area contributed by atoms with E-state index >= 15 is 0 Å². The fraction of sp³-hybridized carbons (Fsp3) is 0.417. The van der Waals surface area contributed by atoms with Gasteiger partial charge in [-0.1, -0.05) is 0 Å². The maximum absolute atomic E-state index is 12.5. The van der Waals surface area contributed by atoms with E-state index in [0.29, 0.717) is 24.2 Å². The molecule has 0 aliphatic carbocycles. The van der Waals surface area contributed by atoms with Crippen LogP contribution >= 0.6 is 0 Å². The second-order valence-electron chi connectivity index (χ2n) is 3.62. The maximum atomic E-state index is 12.5. The van der Waals surface area contributed by atoms with E-state index < -0.39 is 12.4 Å². The monoisotopic (exact) mass is 244 g/mol. The van der Waals surface area contributed by atoms with Gasteiger partial charge in [-0.15, -0.1) is 0 Å². The number of hydrogen-bond acceptors (Lipinski definition) is 2. The minimum atomic E-state index is -2.53. The Balaban J connectivity index is 2.79. The Morgan fingerprint density at radius 1 is 1.47 bits per heavy atom. The number of aliphatic carboxylic acids is 1. The van der Waals surface area contributed by atoms with E-state index in [4.69, 9.17) is 9.84 Å². The molecule has 5 heteroatoms. The molecule has 0 radical (unpaired) electrons. The average Bonchev–Trinajstić information content (AvgIpc) is 2.28. The van der Waals surface area contributed by atoms with Crippen LogP contribution in [-0.4, -0.2) is 18.2 Å². The van der Waals surface area contributed by atoms with Crippen molar-refractivity contribution in [3.8, 4) is 5.75 Å². The first-order valence-corrected chi connectivity index (χ1v) is 5.21. The highest BCUT2D eigenvalue weighted by Crippen LogP contribution is 2.27. The smallest absolute Gasteiger partial charge is 0.303 e. The Morgan fingerprint density at radius 2 is 2.18 bits per heavy atom. The summed E-state index contributed by atoms with van der Waals surface area (Å²) in [5, 5.41) is 8.51. The van der Waals surface area contributed by atoms with Crippen LogP contribution in [0.5, 0.6) is 5.75 Å². The van der Waals surface area contributed by atoms with Crippen molar-refractivity contribution in [2.75, 3.05) is 7.11 Å². The fourth-order valence-electron chi connectivity index (χ4n) is 1.56. The first-order chi connectivity index (χ1) is 8.04. The van der Waals surface area contributed by atoms with Crippen LogP contribution in [0.15, 0.2) is 18.2 Å². The molecule has 0 spiro atoms. The lowest BCUT2D eigenvalue weighted by Crippen LogP contribution is -1.99. The molecule has 1 rings (SSSR count). The number of carbonyl (C=O) groups is 1. The van der Waals surface area contributed by atoms with Crippen molar-refractivity contribution in [1.29, 1.82) is 0 Å². The van der Waals surface area contributed by atoms with Crippen LogP contribution in [-0.2, 0) is 11.2 Å². The van der Waals surface area contributed by atoms with E-state index in [9.17, 15) is 13.6 Å². The maximum Gasteiger partial charge on any atom is 0.303 e. The van der Waals surface area contributed by atoms with Gasteiger partial charge in [-0.3, -0.25) is 4.79 Å². The van der Waals surface area contributed by atoms with Gasteiger partial charge in [-0.25, -0.2) is 8.78 Å². The second-order valence-corrected chi connectivity index (χ2v) is 3.62. The number of methoxy groups -OCH3 is 1. The number of hydrogen-bond donors (Lipinski definition) is 1. The lowest BCUT2D eigenvalue weighted by molar-refractivity contribution is -0.137. The summed E-state index contributed by atoms with van der Waals surface area (Å²) in [5.74, 6) is -0.381. The molecule has 0 aliphatic heterocycles. The summed E-state index contributed by atoms with van der Waals surface area (Å²) >= 11 is 0. The Bertz CT molecular complexity index is 391. The SMILES string of the molecule is COc1ccc(C(F)F)cc1CCCC(=O)O. The summed E-state index contributed by atoms with van der Waals surface area (Å²) < 4.78 is 30.0. The van der Waals surface area contributed by atoms with Crippen molar-refractivity contribution >= 4 is 5.97 Å². The fourth-order valence-corrected chi connectivity index (χ4v) is 1.56. The first kappa shape index (κ1) is 13.4. The summed E-state index contributed by atoms with van der Waals surface area (Å²) in [7, 11) is 1.46. The van der Waals surface area contributed by atoms with Crippen molar-refractivity contribution in [3.63, 3.8) is 0 Å². The summed E-state index contributed by atoms with van der Waals surface area (Å²) in [6.07, 6.45) is -1.70. The Morgan fingerprint density at radius 3 is 2.71 bits per heavy atom. The standard InChI is InChI=1S/C12H14F2O3/c1-17-10-6-5-9(12(13)14)7-8(10)3-2-4-11(15)16/h5-7,12H,2-4H2,1H3,(H,15,16). The van der Waals surface area contributed by atoms with Gasteiger partial charge in [0.05, 0.1) is 7.11 Å². The van der Waals surface area contributed by atoms with E-state index in [-0.39, 0.29) is 12.0 Å². The molecule has 0 fully saturated rings. The molecular formula is C12H14F2O3. The minimum Gasteiger partial charge on any atom is -0.496 e. The Kier molecular flexibility index (Phi) is 4.87. The van der Waals surface area contributed by atoms with E-state index in [1.807, 2.05) is 0 Å². The predicted molar refractivity (Wildman–Crippen MR) is 58.5 cm³/mol. The van der Waals surface area contributed by atoms with Gasteiger partial charge in [0.2, 0.25) is 0 Å². The highest BCUT2D eigenvalue weighted by Gasteiger charge is 2.11. The number of ether oxygens (including phenoxy) is 1. The van der Waals surface area contributed by atoms with Gasteiger partial charge in [-0.05, 0) is 36.6 Å². The van der Waals surface area contributed by atoms with Gasteiger partial charge < -0.3 is 9.84 Å². The number of benzene rings is 1. The van der Waals surface area contributed by atoms with Crippen LogP contribution in [0, 0.1) is 0 Å². The lowest BCUT2D eigenvalue weighted by Gasteiger charge is -2.10. The molecule has 0 aliphatic rings. The largest absolute Gasteiger partial charge is 0.496 e. The van der Waals surface area contributed by atoms with Crippen molar-refractivity contribution in [2.24, 2.45) is 0 Å². The molecule has 1 aromatic carbocycles. The molecule has 1 aromatic rings. The lowest BCUT2D eigenvalue weighted by atomic mass is 10.0. The molecule has 0 unspecified atom stereocenters. The Hall–Kier alpha value is -1.65. The molecule has 17 heavy (non-hydrogen) atoms. The van der Waals surface area contributed by atoms with Crippen LogP contribution in [0.3, 0.4) is 0 Å². The Labute approximate surface area is 98.0 Å². The number of rotatable bonds is 6. The molecule has 0 heterocycles. The third-order valence-corrected chi connectivity index (χ3v) is 2.39. The summed E-state index contributed by atoms with van der Waals surface area (Å²) in [6.45, 7) is 0. The van der Waals surface area contributed by atoms with Gasteiger partial charge in [0.15, 0.2) is 0 Å². The topological polar surface area (TPSA) is 46.5 Å². The van der Waals surface area contributed by atoms with Crippen LogP contribution in [0.2, 0.25) is 0 Å².